The van der Waals surface area contributed by atoms with Gasteiger partial charge < -0.3 is 10.2 Å². The predicted molar refractivity (Wildman–Crippen MR) is 61.7 cm³/mol. The summed E-state index contributed by atoms with van der Waals surface area (Å²) in [5.74, 6) is 0.798. The van der Waals surface area contributed by atoms with E-state index in [2.05, 4.69) is 20.9 Å². The number of fused-ring (bicyclic) bond motifs is 1. The van der Waals surface area contributed by atoms with Crippen molar-refractivity contribution in [3.63, 3.8) is 0 Å². The molecule has 0 radical (unpaired) electrons. The van der Waals surface area contributed by atoms with Crippen LogP contribution in [0.3, 0.4) is 0 Å². The highest BCUT2D eigenvalue weighted by Crippen LogP contribution is 2.47. The number of benzene rings is 1. The first-order valence-corrected chi connectivity index (χ1v) is 5.80. The number of hydrogen-bond acceptors (Lipinski definition) is 3. The Labute approximate surface area is 95.8 Å². The van der Waals surface area contributed by atoms with E-state index in [1.54, 1.807) is 0 Å². The van der Waals surface area contributed by atoms with Crippen molar-refractivity contribution in [2.24, 2.45) is 5.73 Å². The molecule has 3 nitrogen and oxygen atoms in total. The minimum absolute atomic E-state index is 0.0262. The van der Waals surface area contributed by atoms with Crippen LogP contribution in [0.1, 0.15) is 18.7 Å². The molecule has 0 saturated heterocycles. The van der Waals surface area contributed by atoms with Gasteiger partial charge in [-0.25, -0.2) is 4.98 Å². The molecule has 0 amide bonds. The molecule has 78 valence electrons. The maximum atomic E-state index is 5.78. The second-order valence-electron chi connectivity index (χ2n) is 4.09. The molecule has 1 heterocycles. The minimum Gasteiger partial charge on any atom is -0.439 e. The zero-order valence-electron chi connectivity index (χ0n) is 8.16. The van der Waals surface area contributed by atoms with E-state index in [4.69, 9.17) is 10.2 Å². The summed E-state index contributed by atoms with van der Waals surface area (Å²) in [6, 6.07) is 5.87. The molecule has 1 saturated carbocycles. The molecular weight excluding hydrogens is 256 g/mol. The SMILES string of the molecule is NCC1(c2nc3cccc(Br)c3o2)CC1. The maximum absolute atomic E-state index is 5.78. The van der Waals surface area contributed by atoms with Crippen LogP contribution in [0.4, 0.5) is 0 Å². The summed E-state index contributed by atoms with van der Waals surface area (Å²) in [6.07, 6.45) is 2.18. The van der Waals surface area contributed by atoms with Crippen molar-refractivity contribution in [3.8, 4) is 0 Å². The van der Waals surface area contributed by atoms with Crippen molar-refractivity contribution in [2.75, 3.05) is 6.54 Å². The summed E-state index contributed by atoms with van der Waals surface area (Å²) in [6.45, 7) is 0.622. The highest BCUT2D eigenvalue weighted by molar-refractivity contribution is 9.10. The Balaban J connectivity index is 2.19. The van der Waals surface area contributed by atoms with E-state index >= 15 is 0 Å². The van der Waals surface area contributed by atoms with Crippen LogP contribution < -0.4 is 5.73 Å². The van der Waals surface area contributed by atoms with Gasteiger partial charge in [-0.1, -0.05) is 6.07 Å². The molecule has 2 aromatic rings. The topological polar surface area (TPSA) is 52.0 Å². The molecule has 0 aliphatic heterocycles. The van der Waals surface area contributed by atoms with Crippen molar-refractivity contribution < 1.29 is 4.42 Å². The molecule has 1 aliphatic rings. The summed E-state index contributed by atoms with van der Waals surface area (Å²) >= 11 is 3.45. The molecule has 0 spiro atoms. The van der Waals surface area contributed by atoms with Crippen LogP contribution >= 0.6 is 15.9 Å². The molecule has 1 aliphatic carbocycles. The fraction of sp³-hybridized carbons (Fsp3) is 0.364. The Morgan fingerprint density at radius 2 is 2.27 bits per heavy atom. The molecule has 1 aromatic carbocycles. The molecule has 4 heteroatoms. The molecule has 15 heavy (non-hydrogen) atoms. The van der Waals surface area contributed by atoms with Crippen molar-refractivity contribution in [1.82, 2.24) is 4.98 Å². The Morgan fingerprint density at radius 3 is 2.87 bits per heavy atom. The van der Waals surface area contributed by atoms with Gasteiger partial charge in [0.05, 0.1) is 9.89 Å². The first-order chi connectivity index (χ1) is 7.25. The second kappa shape index (κ2) is 3.06. The number of para-hydroxylation sites is 1. The fourth-order valence-corrected chi connectivity index (χ4v) is 2.24. The number of oxazole rings is 1. The normalized spacial score (nSPS) is 18.3. The van der Waals surface area contributed by atoms with E-state index in [1.807, 2.05) is 18.2 Å². The lowest BCUT2D eigenvalue weighted by molar-refractivity contribution is 0.461. The lowest BCUT2D eigenvalue weighted by Crippen LogP contribution is -2.19. The fourth-order valence-electron chi connectivity index (χ4n) is 1.80. The van der Waals surface area contributed by atoms with Gasteiger partial charge in [0, 0.05) is 6.54 Å². The van der Waals surface area contributed by atoms with E-state index < -0.39 is 0 Å². The quantitative estimate of drug-likeness (QED) is 0.909. The molecular formula is C11H11BrN2O. The van der Waals surface area contributed by atoms with Crippen molar-refractivity contribution in [2.45, 2.75) is 18.3 Å². The highest BCUT2D eigenvalue weighted by Gasteiger charge is 2.47. The smallest absolute Gasteiger partial charge is 0.203 e. The van der Waals surface area contributed by atoms with Crippen LogP contribution in [0.15, 0.2) is 27.1 Å². The average Bonchev–Trinajstić information content (AvgIpc) is 2.92. The molecule has 1 fully saturated rings. The van der Waals surface area contributed by atoms with Gasteiger partial charge in [0.25, 0.3) is 0 Å². The largest absolute Gasteiger partial charge is 0.439 e. The Hall–Kier alpha value is -0.870. The number of halogens is 1. The Kier molecular flexibility index (Phi) is 1.91. The van der Waals surface area contributed by atoms with Crippen LogP contribution in [0, 0.1) is 0 Å². The number of aromatic nitrogens is 1. The third-order valence-electron chi connectivity index (χ3n) is 3.06. The lowest BCUT2D eigenvalue weighted by atomic mass is 10.1. The van der Waals surface area contributed by atoms with E-state index in [1.165, 1.54) is 0 Å². The van der Waals surface area contributed by atoms with Gasteiger partial charge in [-0.2, -0.15) is 0 Å². The average molecular weight is 267 g/mol. The van der Waals surface area contributed by atoms with Gasteiger partial charge in [-0.3, -0.25) is 0 Å². The first kappa shape index (κ1) is 9.36. The molecule has 2 N–H and O–H groups in total. The standard InChI is InChI=1S/C11H11BrN2O/c12-7-2-1-3-8-9(7)15-10(14-8)11(6-13)4-5-11/h1-3H,4-6,13H2. The van der Waals surface area contributed by atoms with Gasteiger partial charge in [0.1, 0.15) is 5.52 Å². The van der Waals surface area contributed by atoms with Gasteiger partial charge in [-0.05, 0) is 40.9 Å². The van der Waals surface area contributed by atoms with Crippen LogP contribution in [-0.2, 0) is 5.41 Å². The van der Waals surface area contributed by atoms with Crippen LogP contribution in [0.2, 0.25) is 0 Å². The third kappa shape index (κ3) is 1.32. The summed E-state index contributed by atoms with van der Waals surface area (Å²) in [5.41, 5.74) is 7.50. The van der Waals surface area contributed by atoms with E-state index in [9.17, 15) is 0 Å². The van der Waals surface area contributed by atoms with Gasteiger partial charge in [-0.15, -0.1) is 0 Å². The monoisotopic (exact) mass is 266 g/mol. The zero-order valence-corrected chi connectivity index (χ0v) is 9.75. The molecule has 1 aromatic heterocycles. The summed E-state index contributed by atoms with van der Waals surface area (Å²) < 4.78 is 6.73. The molecule has 0 atom stereocenters. The van der Waals surface area contributed by atoms with Crippen molar-refractivity contribution >= 4 is 27.0 Å². The third-order valence-corrected chi connectivity index (χ3v) is 3.69. The Morgan fingerprint density at radius 1 is 1.47 bits per heavy atom. The summed E-state index contributed by atoms with van der Waals surface area (Å²) in [7, 11) is 0. The van der Waals surface area contributed by atoms with Crippen LogP contribution in [0.5, 0.6) is 0 Å². The van der Waals surface area contributed by atoms with Crippen LogP contribution in [0.25, 0.3) is 11.1 Å². The van der Waals surface area contributed by atoms with Crippen molar-refractivity contribution in [1.29, 1.82) is 0 Å². The lowest BCUT2D eigenvalue weighted by Gasteiger charge is -2.04. The number of rotatable bonds is 2. The van der Waals surface area contributed by atoms with E-state index in [0.717, 1.165) is 34.3 Å². The van der Waals surface area contributed by atoms with Gasteiger partial charge in [0.15, 0.2) is 5.58 Å². The number of nitrogens with two attached hydrogens (primary N) is 1. The van der Waals surface area contributed by atoms with Crippen LogP contribution in [-0.4, -0.2) is 11.5 Å². The minimum atomic E-state index is 0.0262. The Bertz CT molecular complexity index is 516. The zero-order chi connectivity index (χ0) is 10.5. The molecule has 0 unspecified atom stereocenters. The van der Waals surface area contributed by atoms with Crippen molar-refractivity contribution in [3.05, 3.63) is 28.6 Å². The van der Waals surface area contributed by atoms with E-state index in [-0.39, 0.29) is 5.41 Å². The van der Waals surface area contributed by atoms with Gasteiger partial charge >= 0.3 is 0 Å². The maximum Gasteiger partial charge on any atom is 0.203 e. The number of hydrogen-bond donors (Lipinski definition) is 1. The summed E-state index contributed by atoms with van der Waals surface area (Å²) in [4.78, 5) is 4.50. The number of nitrogens with zero attached hydrogens (tertiary/aromatic N) is 1. The highest BCUT2D eigenvalue weighted by atomic mass is 79.9. The first-order valence-electron chi connectivity index (χ1n) is 5.01. The molecule has 3 rings (SSSR count). The molecule has 0 bridgehead atoms. The summed E-state index contributed by atoms with van der Waals surface area (Å²) in [5, 5.41) is 0. The predicted octanol–water partition coefficient (Wildman–Crippen LogP) is 2.58. The van der Waals surface area contributed by atoms with Gasteiger partial charge in [0.2, 0.25) is 5.89 Å². The van der Waals surface area contributed by atoms with E-state index in [0.29, 0.717) is 6.54 Å². The second-order valence-corrected chi connectivity index (χ2v) is 4.95.